The van der Waals surface area contributed by atoms with Crippen molar-refractivity contribution in [1.29, 1.82) is 0 Å². The molecule has 1 aliphatic rings. The second kappa shape index (κ2) is 11.5. The van der Waals surface area contributed by atoms with Crippen molar-refractivity contribution in [3.05, 3.63) is 101 Å². The number of nitrogens with two attached hydrogens (primary N) is 1. The molecule has 5 rings (SSSR count). The number of nitrogens with zero attached hydrogens (tertiary/aromatic N) is 1. The minimum atomic E-state index is -0.807. The number of aromatic nitrogens is 1. The first-order chi connectivity index (χ1) is 18.6. The smallest absolute Gasteiger partial charge is 0.255 e. The molecular weight excluding hydrogens is 474 g/mol. The van der Waals surface area contributed by atoms with Crippen molar-refractivity contribution in [3.63, 3.8) is 0 Å². The van der Waals surface area contributed by atoms with Gasteiger partial charge in [-0.2, -0.15) is 0 Å². The van der Waals surface area contributed by atoms with Crippen LogP contribution in [0, 0.1) is 0 Å². The molecule has 196 valence electrons. The zero-order chi connectivity index (χ0) is 26.5. The lowest BCUT2D eigenvalue weighted by molar-refractivity contribution is -0.123. The third-order valence-corrected chi connectivity index (χ3v) is 7.53. The Morgan fingerprint density at radius 1 is 1.05 bits per heavy atom. The lowest BCUT2D eigenvalue weighted by Crippen LogP contribution is -2.51. The van der Waals surface area contributed by atoms with Crippen LogP contribution in [0.3, 0.4) is 0 Å². The fourth-order valence-corrected chi connectivity index (χ4v) is 5.54. The van der Waals surface area contributed by atoms with E-state index < -0.39 is 11.9 Å². The SMILES string of the molecule is CCCCOc1ccc(C(=O)N(C2CCCc3ccccc32)[C@@H](Cc2c[nH]c3ccccc23)C(N)=O)cc1. The number of carbonyl (C=O) groups excluding carboxylic acids is 2. The zero-order valence-corrected chi connectivity index (χ0v) is 21.9. The van der Waals surface area contributed by atoms with Crippen LogP contribution in [0.15, 0.2) is 79.0 Å². The van der Waals surface area contributed by atoms with E-state index in [4.69, 9.17) is 10.5 Å². The number of rotatable bonds is 10. The Morgan fingerprint density at radius 2 is 1.82 bits per heavy atom. The van der Waals surface area contributed by atoms with Crippen LogP contribution in [0.4, 0.5) is 0 Å². The van der Waals surface area contributed by atoms with E-state index in [1.54, 1.807) is 17.0 Å². The molecule has 6 heteroatoms. The third kappa shape index (κ3) is 5.30. The summed E-state index contributed by atoms with van der Waals surface area (Å²) in [6.07, 6.45) is 6.96. The number of amides is 2. The van der Waals surface area contributed by atoms with E-state index in [-0.39, 0.29) is 11.9 Å². The van der Waals surface area contributed by atoms with Gasteiger partial charge in [-0.15, -0.1) is 0 Å². The first-order valence-electron chi connectivity index (χ1n) is 13.5. The number of ether oxygens (including phenoxy) is 1. The van der Waals surface area contributed by atoms with Gasteiger partial charge in [-0.1, -0.05) is 55.8 Å². The molecule has 1 aromatic heterocycles. The Balaban J connectivity index is 1.53. The summed E-state index contributed by atoms with van der Waals surface area (Å²) in [6, 6.07) is 22.4. The van der Waals surface area contributed by atoms with Crippen molar-refractivity contribution in [1.82, 2.24) is 9.88 Å². The van der Waals surface area contributed by atoms with Crippen molar-refractivity contribution < 1.29 is 14.3 Å². The van der Waals surface area contributed by atoms with Crippen LogP contribution in [0.2, 0.25) is 0 Å². The van der Waals surface area contributed by atoms with Crippen LogP contribution in [0.5, 0.6) is 5.75 Å². The molecule has 4 aromatic rings. The molecule has 0 aliphatic heterocycles. The number of unbranched alkanes of at least 4 members (excludes halogenated alkanes) is 1. The van der Waals surface area contributed by atoms with Crippen molar-refractivity contribution in [2.24, 2.45) is 5.73 Å². The maximum Gasteiger partial charge on any atom is 0.255 e. The van der Waals surface area contributed by atoms with E-state index in [2.05, 4.69) is 24.0 Å². The molecule has 3 aromatic carbocycles. The van der Waals surface area contributed by atoms with Gasteiger partial charge >= 0.3 is 0 Å². The summed E-state index contributed by atoms with van der Waals surface area (Å²) in [5.41, 5.74) is 10.9. The number of aryl methyl sites for hydroxylation is 1. The highest BCUT2D eigenvalue weighted by molar-refractivity contribution is 5.98. The van der Waals surface area contributed by atoms with Crippen molar-refractivity contribution in [2.75, 3.05) is 6.61 Å². The molecule has 2 atom stereocenters. The number of nitrogens with one attached hydrogen (secondary N) is 1. The number of hydrogen-bond acceptors (Lipinski definition) is 3. The zero-order valence-electron chi connectivity index (χ0n) is 21.9. The summed E-state index contributed by atoms with van der Waals surface area (Å²) in [5, 5.41) is 1.03. The Labute approximate surface area is 223 Å². The number of para-hydroxylation sites is 1. The fraction of sp³-hybridized carbons (Fsp3) is 0.312. The summed E-state index contributed by atoms with van der Waals surface area (Å²) in [6.45, 7) is 2.76. The number of fused-ring (bicyclic) bond motifs is 2. The highest BCUT2D eigenvalue weighted by atomic mass is 16.5. The lowest BCUT2D eigenvalue weighted by atomic mass is 9.85. The monoisotopic (exact) mass is 509 g/mol. The number of H-pyrrole nitrogens is 1. The van der Waals surface area contributed by atoms with Crippen molar-refractivity contribution >= 4 is 22.7 Å². The van der Waals surface area contributed by atoms with Crippen LogP contribution in [0.1, 0.15) is 65.7 Å². The topological polar surface area (TPSA) is 88.4 Å². The van der Waals surface area contributed by atoms with E-state index in [9.17, 15) is 9.59 Å². The van der Waals surface area contributed by atoms with Gasteiger partial charge in [0.25, 0.3) is 5.91 Å². The molecule has 0 spiro atoms. The molecule has 0 saturated heterocycles. The van der Waals surface area contributed by atoms with Crippen molar-refractivity contribution in [3.8, 4) is 5.75 Å². The largest absolute Gasteiger partial charge is 0.494 e. The maximum atomic E-state index is 14.2. The van der Waals surface area contributed by atoms with Gasteiger partial charge in [0.15, 0.2) is 0 Å². The first-order valence-corrected chi connectivity index (χ1v) is 13.5. The van der Waals surface area contributed by atoms with Crippen LogP contribution in [0.25, 0.3) is 10.9 Å². The van der Waals surface area contributed by atoms with Gasteiger partial charge in [-0.05, 0) is 72.7 Å². The molecule has 0 bridgehead atoms. The molecule has 6 nitrogen and oxygen atoms in total. The summed E-state index contributed by atoms with van der Waals surface area (Å²) in [7, 11) is 0. The molecule has 1 aliphatic carbocycles. The van der Waals surface area contributed by atoms with Gasteiger partial charge in [-0.25, -0.2) is 0 Å². The molecular formula is C32H35N3O3. The minimum Gasteiger partial charge on any atom is -0.494 e. The molecule has 38 heavy (non-hydrogen) atoms. The van der Waals surface area contributed by atoms with E-state index in [0.717, 1.165) is 59.9 Å². The second-order valence-electron chi connectivity index (χ2n) is 10.0. The van der Waals surface area contributed by atoms with E-state index >= 15 is 0 Å². The minimum absolute atomic E-state index is 0.199. The molecule has 0 radical (unpaired) electrons. The predicted octanol–water partition coefficient (Wildman–Crippen LogP) is 5.96. The average molecular weight is 510 g/mol. The normalized spacial score (nSPS) is 15.6. The Kier molecular flexibility index (Phi) is 7.78. The van der Waals surface area contributed by atoms with Crippen LogP contribution in [-0.4, -0.2) is 34.3 Å². The summed E-state index contributed by atoms with van der Waals surface area (Å²) >= 11 is 0. The predicted molar refractivity (Wildman–Crippen MR) is 150 cm³/mol. The summed E-state index contributed by atoms with van der Waals surface area (Å²) in [4.78, 5) is 32.4. The first kappa shape index (κ1) is 25.6. The number of hydrogen-bond donors (Lipinski definition) is 2. The van der Waals surface area contributed by atoms with Gasteiger partial charge in [0.2, 0.25) is 5.91 Å². The second-order valence-corrected chi connectivity index (χ2v) is 10.0. The number of primary amides is 1. The Morgan fingerprint density at radius 3 is 2.61 bits per heavy atom. The Bertz CT molecular complexity index is 1410. The average Bonchev–Trinajstić information content (AvgIpc) is 3.36. The fourth-order valence-electron chi connectivity index (χ4n) is 5.54. The van der Waals surface area contributed by atoms with Gasteiger partial charge in [0.1, 0.15) is 11.8 Å². The molecule has 0 saturated carbocycles. The van der Waals surface area contributed by atoms with Gasteiger partial charge in [-0.3, -0.25) is 9.59 Å². The van der Waals surface area contributed by atoms with Crippen LogP contribution >= 0.6 is 0 Å². The summed E-state index contributed by atoms with van der Waals surface area (Å²) < 4.78 is 5.80. The number of aromatic amines is 1. The standard InChI is InChI=1S/C32H35N3O3/c1-2-3-19-38-25-17-15-23(16-18-25)32(37)35(29-14-8-10-22-9-4-5-12-27(22)29)30(31(33)36)20-24-21-34-28-13-7-6-11-26(24)28/h4-7,9,11-13,15-18,21,29-30,34H,2-3,8,10,14,19-20H2,1H3,(H2,33,36)/t29?,30-/m0/s1. The summed E-state index contributed by atoms with van der Waals surface area (Å²) in [5.74, 6) is 0.0245. The van der Waals surface area contributed by atoms with E-state index in [1.807, 2.05) is 54.7 Å². The van der Waals surface area contributed by atoms with E-state index in [0.29, 0.717) is 18.6 Å². The molecule has 2 amide bonds. The molecule has 0 fully saturated rings. The lowest BCUT2D eigenvalue weighted by Gasteiger charge is -2.40. The Hall–Kier alpha value is -4.06. The van der Waals surface area contributed by atoms with Crippen LogP contribution < -0.4 is 10.5 Å². The highest BCUT2D eigenvalue weighted by Crippen LogP contribution is 2.37. The third-order valence-electron chi connectivity index (χ3n) is 7.53. The van der Waals surface area contributed by atoms with Gasteiger partial charge in [0.05, 0.1) is 12.6 Å². The van der Waals surface area contributed by atoms with Gasteiger partial charge < -0.3 is 20.4 Å². The molecule has 3 N–H and O–H groups in total. The van der Waals surface area contributed by atoms with Gasteiger partial charge in [0, 0.05) is 29.1 Å². The quantitative estimate of drug-likeness (QED) is 0.258. The highest BCUT2D eigenvalue weighted by Gasteiger charge is 2.37. The van der Waals surface area contributed by atoms with Crippen LogP contribution in [-0.2, 0) is 17.6 Å². The molecule has 1 heterocycles. The molecule has 1 unspecified atom stereocenters. The van der Waals surface area contributed by atoms with E-state index in [1.165, 1.54) is 5.56 Å². The maximum absolute atomic E-state index is 14.2. The van der Waals surface area contributed by atoms with Crippen molar-refractivity contribution in [2.45, 2.75) is 57.5 Å². The number of benzene rings is 3. The number of carbonyl (C=O) groups is 2.